The van der Waals surface area contributed by atoms with Crippen molar-refractivity contribution in [2.24, 2.45) is 0 Å². The van der Waals surface area contributed by atoms with E-state index in [4.69, 9.17) is 0 Å². The van der Waals surface area contributed by atoms with Crippen LogP contribution in [0.5, 0.6) is 0 Å². The Balaban J connectivity index is 5.06. The van der Waals surface area contributed by atoms with E-state index < -0.39 is 6.04 Å². The van der Waals surface area contributed by atoms with Crippen molar-refractivity contribution in [2.45, 2.75) is 82.8 Å². The lowest BCUT2D eigenvalue weighted by molar-refractivity contribution is -0.131. The zero-order valence-corrected chi connectivity index (χ0v) is 20.9. The molecular formula is C23H48N6O3. The zero-order chi connectivity index (χ0) is 24.2. The summed E-state index contributed by atoms with van der Waals surface area (Å²) in [5.74, 6) is -0.307. The fourth-order valence-corrected chi connectivity index (χ4v) is 3.65. The van der Waals surface area contributed by atoms with Gasteiger partial charge in [-0.3, -0.25) is 14.4 Å². The van der Waals surface area contributed by atoms with Gasteiger partial charge in [-0.2, -0.15) is 0 Å². The van der Waals surface area contributed by atoms with E-state index in [-0.39, 0.29) is 29.7 Å². The smallest absolute Gasteiger partial charge is 0.242 e. The molecule has 9 nitrogen and oxygen atoms in total. The van der Waals surface area contributed by atoms with Crippen LogP contribution in [0, 0.1) is 0 Å². The summed E-state index contributed by atoms with van der Waals surface area (Å²) in [5, 5.41) is 18.4. The van der Waals surface area contributed by atoms with E-state index in [9.17, 15) is 14.4 Å². The number of rotatable bonds is 21. The number of Topliss-reactive ketones (excluding diaryl/α,β-unsaturated/α-hetero) is 1. The number of ketones is 1. The molecule has 2 amide bonds. The third kappa shape index (κ3) is 15.3. The molecule has 0 heterocycles. The van der Waals surface area contributed by atoms with Gasteiger partial charge >= 0.3 is 0 Å². The van der Waals surface area contributed by atoms with E-state index in [1.54, 1.807) is 14.0 Å². The number of likely N-dealkylation sites (N-methyl/N-ethyl adjacent to an activating group) is 1. The lowest BCUT2D eigenvalue weighted by atomic mass is 10.0. The standard InChI is InChI=1S/C23H48N6O3/c1-18(30)17-19(11-10-16-26-4)28-23(32)21(13-7-9-15-25-3)29-22(31)20(27-5)12-6-8-14-24-2/h19-21,24-27H,6-17H2,1-5H3,(H,28,32)(H,29,31). The van der Waals surface area contributed by atoms with Gasteiger partial charge in [-0.05, 0) is 99.7 Å². The molecule has 6 N–H and O–H groups in total. The predicted molar refractivity (Wildman–Crippen MR) is 131 cm³/mol. The number of nitrogens with one attached hydrogen (secondary N) is 6. The second-order valence-electron chi connectivity index (χ2n) is 8.46. The van der Waals surface area contributed by atoms with E-state index in [0.29, 0.717) is 12.8 Å². The molecule has 0 spiro atoms. The fourth-order valence-electron chi connectivity index (χ4n) is 3.65. The summed E-state index contributed by atoms with van der Waals surface area (Å²) in [6, 6.07) is -1.15. The molecule has 0 aliphatic heterocycles. The average Bonchev–Trinajstić information content (AvgIpc) is 2.75. The molecule has 0 saturated heterocycles. The van der Waals surface area contributed by atoms with Crippen molar-refractivity contribution >= 4 is 17.6 Å². The quantitative estimate of drug-likeness (QED) is 0.137. The minimum atomic E-state index is -0.605. The molecule has 188 valence electrons. The van der Waals surface area contributed by atoms with Crippen molar-refractivity contribution in [3.8, 4) is 0 Å². The number of amides is 2. The molecule has 0 fully saturated rings. The minimum absolute atomic E-state index is 0.0474. The minimum Gasteiger partial charge on any atom is -0.351 e. The molecule has 0 aromatic rings. The molecule has 0 aromatic heterocycles. The summed E-state index contributed by atoms with van der Waals surface area (Å²) < 4.78 is 0. The van der Waals surface area contributed by atoms with Gasteiger partial charge in [0.1, 0.15) is 11.8 Å². The molecule has 9 heteroatoms. The molecule has 0 aromatic carbocycles. The van der Waals surface area contributed by atoms with Crippen LogP contribution in [0.2, 0.25) is 0 Å². The SMILES string of the molecule is CNCCCCC(NC)C(=O)NC(CCCCNC)C(=O)NC(CCCNC)CC(C)=O. The van der Waals surface area contributed by atoms with Gasteiger partial charge in [0, 0.05) is 12.5 Å². The van der Waals surface area contributed by atoms with Gasteiger partial charge in [-0.15, -0.1) is 0 Å². The molecule has 0 radical (unpaired) electrons. The van der Waals surface area contributed by atoms with Gasteiger partial charge in [0.15, 0.2) is 0 Å². The van der Waals surface area contributed by atoms with Crippen LogP contribution >= 0.6 is 0 Å². The molecule has 0 aliphatic carbocycles. The van der Waals surface area contributed by atoms with Crippen LogP contribution in [0.15, 0.2) is 0 Å². The number of unbranched alkanes of at least 4 members (excludes halogenated alkanes) is 2. The number of hydrogen-bond donors (Lipinski definition) is 6. The van der Waals surface area contributed by atoms with Crippen LogP contribution in [0.4, 0.5) is 0 Å². The van der Waals surface area contributed by atoms with Crippen molar-refractivity contribution in [3.05, 3.63) is 0 Å². The predicted octanol–water partition coefficient (Wildman–Crippen LogP) is 0.302. The van der Waals surface area contributed by atoms with Gasteiger partial charge in [-0.25, -0.2) is 0 Å². The normalized spacial score (nSPS) is 13.9. The Labute approximate surface area is 195 Å². The first-order valence-corrected chi connectivity index (χ1v) is 12.1. The van der Waals surface area contributed by atoms with Crippen molar-refractivity contribution in [1.29, 1.82) is 0 Å². The Kier molecular flexibility index (Phi) is 19.1. The summed E-state index contributed by atoms with van der Waals surface area (Å²) in [4.78, 5) is 37.6. The summed E-state index contributed by atoms with van der Waals surface area (Å²) in [7, 11) is 7.47. The van der Waals surface area contributed by atoms with Crippen LogP contribution in [0.1, 0.15) is 64.7 Å². The summed E-state index contributed by atoms with van der Waals surface area (Å²) >= 11 is 0. The van der Waals surface area contributed by atoms with Gasteiger partial charge in [-0.1, -0.05) is 6.42 Å². The lowest BCUT2D eigenvalue weighted by Crippen LogP contribution is -2.54. The second-order valence-corrected chi connectivity index (χ2v) is 8.46. The highest BCUT2D eigenvalue weighted by Crippen LogP contribution is 2.08. The van der Waals surface area contributed by atoms with Crippen molar-refractivity contribution < 1.29 is 14.4 Å². The van der Waals surface area contributed by atoms with E-state index in [1.165, 1.54) is 0 Å². The second kappa shape index (κ2) is 20.1. The first-order chi connectivity index (χ1) is 15.4. The molecule has 3 atom stereocenters. The maximum atomic E-state index is 13.1. The Bertz CT molecular complexity index is 518. The highest BCUT2D eigenvalue weighted by Gasteiger charge is 2.26. The number of carbonyl (C=O) groups is 3. The topological polar surface area (TPSA) is 123 Å². The molecule has 0 saturated carbocycles. The average molecular weight is 457 g/mol. The molecule has 3 unspecified atom stereocenters. The first kappa shape index (κ1) is 30.4. The van der Waals surface area contributed by atoms with E-state index >= 15 is 0 Å². The Morgan fingerprint density at radius 1 is 0.625 bits per heavy atom. The number of carbonyl (C=O) groups excluding carboxylic acids is 3. The van der Waals surface area contributed by atoms with Gasteiger partial charge < -0.3 is 31.9 Å². The Hall–Kier alpha value is -1.55. The monoisotopic (exact) mass is 456 g/mol. The van der Waals surface area contributed by atoms with Crippen molar-refractivity contribution in [3.63, 3.8) is 0 Å². The Morgan fingerprint density at radius 2 is 1.12 bits per heavy atom. The van der Waals surface area contributed by atoms with Gasteiger partial charge in [0.2, 0.25) is 11.8 Å². The lowest BCUT2D eigenvalue weighted by Gasteiger charge is -2.25. The summed E-state index contributed by atoms with van der Waals surface area (Å²) in [6.07, 6.45) is 6.84. The van der Waals surface area contributed by atoms with Crippen LogP contribution < -0.4 is 31.9 Å². The van der Waals surface area contributed by atoms with E-state index in [1.807, 2.05) is 21.1 Å². The van der Waals surface area contributed by atoms with Crippen LogP contribution in [0.25, 0.3) is 0 Å². The molecule has 0 rings (SSSR count). The van der Waals surface area contributed by atoms with Crippen LogP contribution in [-0.4, -0.2) is 83.5 Å². The third-order valence-electron chi connectivity index (χ3n) is 5.50. The largest absolute Gasteiger partial charge is 0.351 e. The zero-order valence-electron chi connectivity index (χ0n) is 20.9. The maximum Gasteiger partial charge on any atom is 0.242 e. The van der Waals surface area contributed by atoms with E-state index in [0.717, 1.165) is 64.6 Å². The van der Waals surface area contributed by atoms with Crippen molar-refractivity contribution in [2.75, 3.05) is 47.8 Å². The molecular weight excluding hydrogens is 408 g/mol. The number of hydrogen-bond acceptors (Lipinski definition) is 7. The third-order valence-corrected chi connectivity index (χ3v) is 5.50. The van der Waals surface area contributed by atoms with Crippen molar-refractivity contribution in [1.82, 2.24) is 31.9 Å². The summed E-state index contributed by atoms with van der Waals surface area (Å²) in [5.41, 5.74) is 0. The highest BCUT2D eigenvalue weighted by atomic mass is 16.2. The molecule has 0 aliphatic rings. The van der Waals surface area contributed by atoms with Crippen LogP contribution in [0.3, 0.4) is 0 Å². The Morgan fingerprint density at radius 3 is 1.62 bits per heavy atom. The first-order valence-electron chi connectivity index (χ1n) is 12.1. The van der Waals surface area contributed by atoms with E-state index in [2.05, 4.69) is 31.9 Å². The maximum absolute atomic E-state index is 13.1. The summed E-state index contributed by atoms with van der Waals surface area (Å²) in [6.45, 7) is 4.15. The van der Waals surface area contributed by atoms with Gasteiger partial charge in [0.05, 0.1) is 6.04 Å². The van der Waals surface area contributed by atoms with Crippen LogP contribution in [-0.2, 0) is 14.4 Å². The van der Waals surface area contributed by atoms with Gasteiger partial charge in [0.25, 0.3) is 0 Å². The fraction of sp³-hybridized carbons (Fsp3) is 0.870. The molecule has 32 heavy (non-hydrogen) atoms. The molecule has 0 bridgehead atoms. The highest BCUT2D eigenvalue weighted by molar-refractivity contribution is 5.90.